The third kappa shape index (κ3) is 5.07. The lowest BCUT2D eigenvalue weighted by Gasteiger charge is -2.26. The molecular formula is C21H27ClN2O. The van der Waals surface area contributed by atoms with E-state index in [1.807, 2.05) is 35.2 Å². The van der Waals surface area contributed by atoms with Gasteiger partial charge in [0, 0.05) is 25.0 Å². The van der Waals surface area contributed by atoms with E-state index in [2.05, 4.69) is 31.2 Å². The first-order chi connectivity index (χ1) is 11.6. The van der Waals surface area contributed by atoms with Crippen molar-refractivity contribution in [1.29, 1.82) is 0 Å². The molecule has 4 heteroatoms. The summed E-state index contributed by atoms with van der Waals surface area (Å²) in [4.78, 5) is 14.8. The summed E-state index contributed by atoms with van der Waals surface area (Å²) >= 11 is 0. The van der Waals surface area contributed by atoms with Crippen LogP contribution in [-0.4, -0.2) is 23.4 Å². The summed E-state index contributed by atoms with van der Waals surface area (Å²) in [5.74, 6) is 0.181. The maximum atomic E-state index is 12.7. The molecule has 1 saturated heterocycles. The largest absolute Gasteiger partial charge is 0.339 e. The molecule has 2 aromatic rings. The second-order valence-corrected chi connectivity index (χ2v) is 6.79. The SMILES string of the molecule is Cc1ccc(CC2CCCN2C(=O)CC(N)c2ccccc2)cc1.Cl. The summed E-state index contributed by atoms with van der Waals surface area (Å²) < 4.78 is 0. The topological polar surface area (TPSA) is 46.3 Å². The molecule has 0 aliphatic carbocycles. The molecule has 0 radical (unpaired) electrons. The highest BCUT2D eigenvalue weighted by molar-refractivity contribution is 5.85. The zero-order valence-electron chi connectivity index (χ0n) is 14.7. The highest BCUT2D eigenvalue weighted by Gasteiger charge is 2.29. The number of halogens is 1. The van der Waals surface area contributed by atoms with Crippen molar-refractivity contribution in [2.45, 2.75) is 44.7 Å². The Bertz CT molecular complexity index is 672. The Morgan fingerprint density at radius 3 is 2.52 bits per heavy atom. The predicted molar refractivity (Wildman–Crippen MR) is 105 cm³/mol. The third-order valence-corrected chi connectivity index (χ3v) is 4.91. The standard InChI is InChI=1S/C21H26N2O.ClH/c1-16-9-11-17(12-10-16)14-19-8-5-13-23(19)21(24)15-20(22)18-6-3-2-4-7-18;/h2-4,6-7,9-12,19-20H,5,8,13-15,22H2,1H3;1H. The maximum Gasteiger partial charge on any atom is 0.224 e. The van der Waals surface area contributed by atoms with E-state index in [4.69, 9.17) is 5.73 Å². The first-order valence-electron chi connectivity index (χ1n) is 8.79. The van der Waals surface area contributed by atoms with Gasteiger partial charge in [-0.15, -0.1) is 12.4 Å². The molecule has 25 heavy (non-hydrogen) atoms. The number of nitrogens with two attached hydrogens (primary N) is 1. The van der Waals surface area contributed by atoms with Gasteiger partial charge >= 0.3 is 0 Å². The van der Waals surface area contributed by atoms with Crippen molar-refractivity contribution >= 4 is 18.3 Å². The van der Waals surface area contributed by atoms with Crippen molar-refractivity contribution in [2.75, 3.05) is 6.54 Å². The molecule has 2 atom stereocenters. The van der Waals surface area contributed by atoms with Gasteiger partial charge in [-0.2, -0.15) is 0 Å². The molecule has 134 valence electrons. The van der Waals surface area contributed by atoms with Gasteiger partial charge in [0.1, 0.15) is 0 Å². The number of carbonyl (C=O) groups is 1. The van der Waals surface area contributed by atoms with Gasteiger partial charge in [0.05, 0.1) is 0 Å². The van der Waals surface area contributed by atoms with Crippen LogP contribution < -0.4 is 5.73 Å². The van der Waals surface area contributed by atoms with Gasteiger partial charge in [0.2, 0.25) is 5.91 Å². The Morgan fingerprint density at radius 1 is 1.16 bits per heavy atom. The molecular weight excluding hydrogens is 332 g/mol. The number of nitrogens with zero attached hydrogens (tertiary/aromatic N) is 1. The van der Waals surface area contributed by atoms with Crippen LogP contribution >= 0.6 is 12.4 Å². The molecule has 1 amide bonds. The van der Waals surface area contributed by atoms with Crippen LogP contribution in [0.15, 0.2) is 54.6 Å². The summed E-state index contributed by atoms with van der Waals surface area (Å²) in [7, 11) is 0. The quantitative estimate of drug-likeness (QED) is 0.876. The van der Waals surface area contributed by atoms with Crippen LogP contribution in [-0.2, 0) is 11.2 Å². The molecule has 1 aliphatic heterocycles. The molecule has 0 saturated carbocycles. The van der Waals surface area contributed by atoms with Crippen LogP contribution in [0, 0.1) is 6.92 Å². The van der Waals surface area contributed by atoms with Crippen LogP contribution in [0.25, 0.3) is 0 Å². The van der Waals surface area contributed by atoms with E-state index in [0.717, 1.165) is 31.4 Å². The molecule has 1 heterocycles. The minimum absolute atomic E-state index is 0. The van der Waals surface area contributed by atoms with E-state index >= 15 is 0 Å². The van der Waals surface area contributed by atoms with Gasteiger partial charge in [-0.3, -0.25) is 4.79 Å². The Kier molecular flexibility index (Phi) is 7.03. The van der Waals surface area contributed by atoms with Crippen molar-refractivity contribution in [2.24, 2.45) is 5.73 Å². The van der Waals surface area contributed by atoms with E-state index in [9.17, 15) is 4.79 Å². The fourth-order valence-electron chi connectivity index (χ4n) is 3.50. The monoisotopic (exact) mass is 358 g/mol. The second-order valence-electron chi connectivity index (χ2n) is 6.79. The lowest BCUT2D eigenvalue weighted by molar-refractivity contribution is -0.132. The maximum absolute atomic E-state index is 12.7. The first-order valence-corrected chi connectivity index (χ1v) is 8.79. The highest BCUT2D eigenvalue weighted by Crippen LogP contribution is 2.24. The first kappa shape index (κ1) is 19.5. The second kappa shape index (κ2) is 9.02. The van der Waals surface area contributed by atoms with Crippen LogP contribution in [0.1, 0.15) is 42.0 Å². The number of aryl methyl sites for hydroxylation is 1. The smallest absolute Gasteiger partial charge is 0.224 e. The normalized spacial score (nSPS) is 17.8. The fourth-order valence-corrected chi connectivity index (χ4v) is 3.50. The molecule has 1 fully saturated rings. The van der Waals surface area contributed by atoms with Crippen molar-refractivity contribution < 1.29 is 4.79 Å². The number of rotatable bonds is 5. The number of benzene rings is 2. The highest BCUT2D eigenvalue weighted by atomic mass is 35.5. The minimum Gasteiger partial charge on any atom is -0.339 e. The Balaban J connectivity index is 0.00000225. The fraction of sp³-hybridized carbons (Fsp3) is 0.381. The number of amides is 1. The summed E-state index contributed by atoms with van der Waals surface area (Å²) in [5.41, 5.74) is 9.83. The number of hydrogen-bond acceptors (Lipinski definition) is 2. The van der Waals surface area contributed by atoms with E-state index in [1.165, 1.54) is 11.1 Å². The molecule has 2 unspecified atom stereocenters. The summed E-state index contributed by atoms with van der Waals surface area (Å²) in [5, 5.41) is 0. The van der Waals surface area contributed by atoms with Crippen LogP contribution in [0.4, 0.5) is 0 Å². The predicted octanol–water partition coefficient (Wildman–Crippen LogP) is 4.04. The van der Waals surface area contributed by atoms with Crippen LogP contribution in [0.3, 0.4) is 0 Å². The van der Waals surface area contributed by atoms with Gasteiger partial charge in [-0.05, 0) is 37.3 Å². The number of hydrogen-bond donors (Lipinski definition) is 1. The Morgan fingerprint density at radius 2 is 1.84 bits per heavy atom. The molecule has 3 rings (SSSR count). The van der Waals surface area contributed by atoms with Crippen molar-refractivity contribution in [1.82, 2.24) is 4.90 Å². The van der Waals surface area contributed by atoms with Gasteiger partial charge in [0.15, 0.2) is 0 Å². The van der Waals surface area contributed by atoms with E-state index in [1.54, 1.807) is 0 Å². The zero-order valence-corrected chi connectivity index (χ0v) is 15.5. The molecule has 0 bridgehead atoms. The number of likely N-dealkylation sites (tertiary alicyclic amines) is 1. The van der Waals surface area contributed by atoms with Crippen molar-refractivity contribution in [3.63, 3.8) is 0 Å². The van der Waals surface area contributed by atoms with Crippen molar-refractivity contribution in [3.8, 4) is 0 Å². The minimum atomic E-state index is -0.223. The van der Waals surface area contributed by atoms with E-state index < -0.39 is 0 Å². The van der Waals surface area contributed by atoms with E-state index in [-0.39, 0.29) is 24.4 Å². The molecule has 0 spiro atoms. The summed E-state index contributed by atoms with van der Waals surface area (Å²) in [6.45, 7) is 2.96. The lowest BCUT2D eigenvalue weighted by Crippen LogP contribution is -2.38. The Labute approximate surface area is 156 Å². The van der Waals surface area contributed by atoms with Crippen LogP contribution in [0.2, 0.25) is 0 Å². The zero-order chi connectivity index (χ0) is 16.9. The van der Waals surface area contributed by atoms with Gasteiger partial charge < -0.3 is 10.6 Å². The van der Waals surface area contributed by atoms with Gasteiger partial charge in [0.25, 0.3) is 0 Å². The molecule has 1 aliphatic rings. The van der Waals surface area contributed by atoms with E-state index in [0.29, 0.717) is 12.5 Å². The van der Waals surface area contributed by atoms with Crippen molar-refractivity contribution in [3.05, 3.63) is 71.3 Å². The molecule has 0 aromatic heterocycles. The molecule has 3 nitrogen and oxygen atoms in total. The van der Waals surface area contributed by atoms with Crippen LogP contribution in [0.5, 0.6) is 0 Å². The molecule has 2 aromatic carbocycles. The van der Waals surface area contributed by atoms with Gasteiger partial charge in [-0.25, -0.2) is 0 Å². The average molecular weight is 359 g/mol. The lowest BCUT2D eigenvalue weighted by atomic mass is 10.0. The summed E-state index contributed by atoms with van der Waals surface area (Å²) in [6, 6.07) is 18.6. The molecule has 2 N–H and O–H groups in total. The Hall–Kier alpha value is -1.84. The third-order valence-electron chi connectivity index (χ3n) is 4.91. The van der Waals surface area contributed by atoms with Gasteiger partial charge in [-0.1, -0.05) is 60.2 Å². The number of carbonyl (C=O) groups excluding carboxylic acids is 1. The summed E-state index contributed by atoms with van der Waals surface area (Å²) in [6.07, 6.45) is 3.49. The average Bonchev–Trinajstić information content (AvgIpc) is 3.06.